The highest BCUT2D eigenvalue weighted by Crippen LogP contribution is 2.26. The van der Waals surface area contributed by atoms with Crippen LogP contribution >= 0.6 is 0 Å². The molecule has 2 aliphatic rings. The molecule has 3 rings (SSSR count). The summed E-state index contributed by atoms with van der Waals surface area (Å²) in [6.07, 6.45) is 3.54. The predicted molar refractivity (Wildman–Crippen MR) is 80.4 cm³/mol. The molecule has 0 spiro atoms. The molecular formula is C15H22N4O3. The molecule has 2 aliphatic heterocycles. The van der Waals surface area contributed by atoms with Gasteiger partial charge in [0.25, 0.3) is 0 Å². The van der Waals surface area contributed by atoms with Crippen molar-refractivity contribution < 1.29 is 14.6 Å². The Morgan fingerprint density at radius 3 is 2.82 bits per heavy atom. The summed E-state index contributed by atoms with van der Waals surface area (Å²) in [6.45, 7) is 5.76. The van der Waals surface area contributed by atoms with Crippen molar-refractivity contribution in [3.8, 4) is 0 Å². The maximum Gasteiger partial charge on any atom is 0.225 e. The quantitative estimate of drug-likeness (QED) is 0.850. The molecule has 0 bridgehead atoms. The minimum absolute atomic E-state index is 0.0247. The summed E-state index contributed by atoms with van der Waals surface area (Å²) in [6, 6.07) is 1.86. The molecule has 0 unspecified atom stereocenters. The molecule has 2 atom stereocenters. The molecule has 1 aromatic heterocycles. The first-order valence-electron chi connectivity index (χ1n) is 7.59. The van der Waals surface area contributed by atoms with Crippen LogP contribution in [0.25, 0.3) is 0 Å². The van der Waals surface area contributed by atoms with E-state index >= 15 is 0 Å². The minimum Gasteiger partial charge on any atom is -0.390 e. The number of amides is 1. The normalized spacial score (nSPS) is 25.2. The van der Waals surface area contributed by atoms with Gasteiger partial charge in [-0.2, -0.15) is 0 Å². The molecule has 0 radical (unpaired) electrons. The van der Waals surface area contributed by atoms with Gasteiger partial charge in [-0.25, -0.2) is 9.97 Å². The van der Waals surface area contributed by atoms with Crippen molar-refractivity contribution in [1.82, 2.24) is 14.9 Å². The van der Waals surface area contributed by atoms with Gasteiger partial charge in [0.15, 0.2) is 0 Å². The van der Waals surface area contributed by atoms with E-state index in [-0.39, 0.29) is 24.5 Å². The van der Waals surface area contributed by atoms with E-state index in [0.29, 0.717) is 25.6 Å². The zero-order chi connectivity index (χ0) is 15.7. The third kappa shape index (κ3) is 3.20. The molecular weight excluding hydrogens is 284 g/mol. The molecule has 7 nitrogen and oxygen atoms in total. The molecule has 22 heavy (non-hydrogen) atoms. The third-order valence-corrected chi connectivity index (χ3v) is 4.05. The monoisotopic (exact) mass is 306 g/mol. The molecule has 1 N–H and O–H groups in total. The van der Waals surface area contributed by atoms with Gasteiger partial charge in [-0.15, -0.1) is 0 Å². The molecule has 1 amide bonds. The number of hydrogen-bond acceptors (Lipinski definition) is 6. The first-order valence-corrected chi connectivity index (χ1v) is 7.59. The summed E-state index contributed by atoms with van der Waals surface area (Å²) in [7, 11) is 0. The van der Waals surface area contributed by atoms with Gasteiger partial charge in [-0.1, -0.05) is 0 Å². The van der Waals surface area contributed by atoms with Crippen LogP contribution in [0.2, 0.25) is 0 Å². The van der Waals surface area contributed by atoms with E-state index in [1.54, 1.807) is 37.2 Å². The number of hydrogen-bond donors (Lipinski definition) is 1. The predicted octanol–water partition coefficient (Wildman–Crippen LogP) is 0.0536. The molecule has 1 aromatic rings. The van der Waals surface area contributed by atoms with Gasteiger partial charge < -0.3 is 19.6 Å². The van der Waals surface area contributed by atoms with Crippen LogP contribution in [0.3, 0.4) is 0 Å². The lowest BCUT2D eigenvalue weighted by Gasteiger charge is -2.36. The van der Waals surface area contributed by atoms with Crippen LogP contribution in [0.4, 0.5) is 5.95 Å². The maximum atomic E-state index is 12.3. The fourth-order valence-electron chi connectivity index (χ4n) is 3.06. The average Bonchev–Trinajstić information content (AvgIpc) is 2.90. The lowest BCUT2D eigenvalue weighted by molar-refractivity contribution is -0.134. The molecule has 0 saturated carbocycles. The van der Waals surface area contributed by atoms with Crippen molar-refractivity contribution in [3.63, 3.8) is 0 Å². The van der Waals surface area contributed by atoms with E-state index in [4.69, 9.17) is 4.74 Å². The Balaban J connectivity index is 1.72. The lowest BCUT2D eigenvalue weighted by atomic mass is 10.1. The van der Waals surface area contributed by atoms with Crippen LogP contribution in [0.5, 0.6) is 0 Å². The Kier molecular flexibility index (Phi) is 4.01. The summed E-state index contributed by atoms with van der Waals surface area (Å²) in [5.74, 6) is 0.636. The summed E-state index contributed by atoms with van der Waals surface area (Å²) in [5, 5.41) is 9.83. The first kappa shape index (κ1) is 15.2. The van der Waals surface area contributed by atoms with Crippen LogP contribution in [-0.4, -0.2) is 69.9 Å². The standard InChI is InChI=1S/C15H22N4O3/c1-15(2,21)8-13(20)18-9-11-12(10-18)22-7-6-19(11)14-16-4-3-5-17-14/h3-5,11-12,21H,6-10H2,1-2H3/t11-,12-/m0/s1. The summed E-state index contributed by atoms with van der Waals surface area (Å²) in [5.41, 5.74) is -0.992. The number of carbonyl (C=O) groups is 1. The van der Waals surface area contributed by atoms with E-state index in [0.717, 1.165) is 6.54 Å². The molecule has 0 aromatic carbocycles. The van der Waals surface area contributed by atoms with Crippen LogP contribution < -0.4 is 4.90 Å². The number of ether oxygens (including phenoxy) is 1. The van der Waals surface area contributed by atoms with Crippen LogP contribution in [0.1, 0.15) is 20.3 Å². The van der Waals surface area contributed by atoms with Gasteiger partial charge in [0.2, 0.25) is 11.9 Å². The number of fused-ring (bicyclic) bond motifs is 1. The Morgan fingerprint density at radius 2 is 2.14 bits per heavy atom. The SMILES string of the molecule is CC(C)(O)CC(=O)N1C[C@@H]2OCCN(c3ncccn3)[C@H]2C1. The third-order valence-electron chi connectivity index (χ3n) is 4.05. The second-order valence-electron chi connectivity index (χ2n) is 6.51. The first-order chi connectivity index (χ1) is 10.4. The number of aliphatic hydroxyl groups is 1. The molecule has 2 fully saturated rings. The molecule has 0 aliphatic carbocycles. The van der Waals surface area contributed by atoms with Crippen molar-refractivity contribution in [1.29, 1.82) is 0 Å². The minimum atomic E-state index is -0.992. The lowest BCUT2D eigenvalue weighted by Crippen LogP contribution is -2.51. The van der Waals surface area contributed by atoms with Gasteiger partial charge in [0.05, 0.1) is 30.8 Å². The Morgan fingerprint density at radius 1 is 1.41 bits per heavy atom. The van der Waals surface area contributed by atoms with E-state index < -0.39 is 5.60 Å². The van der Waals surface area contributed by atoms with E-state index in [2.05, 4.69) is 14.9 Å². The van der Waals surface area contributed by atoms with Crippen LogP contribution in [-0.2, 0) is 9.53 Å². The zero-order valence-corrected chi connectivity index (χ0v) is 13.0. The van der Waals surface area contributed by atoms with E-state index in [9.17, 15) is 9.90 Å². The van der Waals surface area contributed by atoms with Crippen molar-refractivity contribution in [2.45, 2.75) is 38.0 Å². The Labute approximate surface area is 129 Å². The fraction of sp³-hybridized carbons (Fsp3) is 0.667. The average molecular weight is 306 g/mol. The van der Waals surface area contributed by atoms with E-state index in [1.807, 2.05) is 0 Å². The van der Waals surface area contributed by atoms with Gasteiger partial charge in [0, 0.05) is 32.0 Å². The van der Waals surface area contributed by atoms with Gasteiger partial charge in [0.1, 0.15) is 0 Å². The zero-order valence-electron chi connectivity index (χ0n) is 13.0. The summed E-state index contributed by atoms with van der Waals surface area (Å²) >= 11 is 0. The van der Waals surface area contributed by atoms with Gasteiger partial charge in [-0.3, -0.25) is 4.79 Å². The maximum absolute atomic E-state index is 12.3. The van der Waals surface area contributed by atoms with Crippen molar-refractivity contribution >= 4 is 11.9 Å². The number of nitrogens with zero attached hydrogens (tertiary/aromatic N) is 4. The molecule has 7 heteroatoms. The van der Waals surface area contributed by atoms with E-state index in [1.165, 1.54) is 0 Å². The summed E-state index contributed by atoms with van der Waals surface area (Å²) < 4.78 is 5.81. The van der Waals surface area contributed by atoms with Crippen LogP contribution in [0.15, 0.2) is 18.5 Å². The highest BCUT2D eigenvalue weighted by Gasteiger charge is 2.43. The molecule has 2 saturated heterocycles. The number of rotatable bonds is 3. The number of anilines is 1. The highest BCUT2D eigenvalue weighted by atomic mass is 16.5. The fourth-order valence-corrected chi connectivity index (χ4v) is 3.06. The van der Waals surface area contributed by atoms with Crippen molar-refractivity contribution in [2.75, 3.05) is 31.1 Å². The van der Waals surface area contributed by atoms with Crippen molar-refractivity contribution in [3.05, 3.63) is 18.5 Å². The molecule has 3 heterocycles. The number of likely N-dealkylation sites (tertiary alicyclic amines) is 1. The largest absolute Gasteiger partial charge is 0.390 e. The Hall–Kier alpha value is -1.73. The van der Waals surface area contributed by atoms with Crippen LogP contribution in [0, 0.1) is 0 Å². The number of aromatic nitrogens is 2. The highest BCUT2D eigenvalue weighted by molar-refractivity contribution is 5.77. The second-order valence-corrected chi connectivity index (χ2v) is 6.51. The Bertz CT molecular complexity index is 531. The summed E-state index contributed by atoms with van der Waals surface area (Å²) in [4.78, 5) is 24.8. The van der Waals surface area contributed by atoms with Crippen molar-refractivity contribution in [2.24, 2.45) is 0 Å². The second kappa shape index (κ2) is 5.81. The smallest absolute Gasteiger partial charge is 0.225 e. The van der Waals surface area contributed by atoms with Gasteiger partial charge in [-0.05, 0) is 19.9 Å². The number of carbonyl (C=O) groups excluding carboxylic acids is 1. The number of morpholine rings is 1. The topological polar surface area (TPSA) is 78.8 Å². The van der Waals surface area contributed by atoms with Gasteiger partial charge >= 0.3 is 0 Å². The molecule has 120 valence electrons.